The van der Waals surface area contributed by atoms with E-state index < -0.39 is 17.5 Å². The summed E-state index contributed by atoms with van der Waals surface area (Å²) in [5.41, 5.74) is 5.44. The standard InChI is InChI=1S/C13H8Cl2F2N2O/c14-7-2-1-3-10(18)11(7)13(20)19-12-8(15)4-6(16)5-9(12)17/h1-5H,18H2,(H,19,20). The third-order valence-corrected chi connectivity index (χ3v) is 3.13. The molecule has 0 unspecified atom stereocenters. The van der Waals surface area contributed by atoms with Crippen LogP contribution in [-0.2, 0) is 0 Å². The van der Waals surface area contributed by atoms with E-state index in [1.54, 1.807) is 6.07 Å². The van der Waals surface area contributed by atoms with E-state index in [4.69, 9.17) is 28.9 Å². The van der Waals surface area contributed by atoms with Crippen LogP contribution in [0.2, 0.25) is 10.0 Å². The first kappa shape index (κ1) is 14.6. The van der Waals surface area contributed by atoms with Gasteiger partial charge in [-0.2, -0.15) is 0 Å². The number of halogens is 4. The summed E-state index contributed by atoms with van der Waals surface area (Å²) >= 11 is 11.6. The minimum absolute atomic E-state index is 0.00559. The van der Waals surface area contributed by atoms with Crippen molar-refractivity contribution < 1.29 is 13.6 Å². The van der Waals surface area contributed by atoms with Crippen LogP contribution in [0.5, 0.6) is 0 Å². The van der Waals surface area contributed by atoms with E-state index in [-0.39, 0.29) is 27.0 Å². The smallest absolute Gasteiger partial charge is 0.259 e. The molecule has 0 saturated carbocycles. The highest BCUT2D eigenvalue weighted by Gasteiger charge is 2.18. The maximum absolute atomic E-state index is 13.6. The van der Waals surface area contributed by atoms with Gasteiger partial charge in [0.1, 0.15) is 5.82 Å². The second-order valence-corrected chi connectivity index (χ2v) is 4.72. The lowest BCUT2D eigenvalue weighted by Gasteiger charge is -2.11. The van der Waals surface area contributed by atoms with Crippen LogP contribution < -0.4 is 11.1 Å². The van der Waals surface area contributed by atoms with Crippen LogP contribution in [0.3, 0.4) is 0 Å². The molecule has 0 bridgehead atoms. The average molecular weight is 317 g/mol. The number of carbonyl (C=O) groups is 1. The highest BCUT2D eigenvalue weighted by atomic mass is 35.5. The van der Waals surface area contributed by atoms with E-state index in [1.165, 1.54) is 12.1 Å². The number of carbonyl (C=O) groups excluding carboxylic acids is 1. The second kappa shape index (κ2) is 5.64. The number of amides is 1. The van der Waals surface area contributed by atoms with Crippen molar-refractivity contribution in [1.82, 2.24) is 0 Å². The fourth-order valence-electron chi connectivity index (χ4n) is 1.62. The van der Waals surface area contributed by atoms with Gasteiger partial charge >= 0.3 is 0 Å². The van der Waals surface area contributed by atoms with Crippen LogP contribution in [0, 0.1) is 11.6 Å². The third-order valence-electron chi connectivity index (χ3n) is 2.52. The Hall–Kier alpha value is -1.85. The lowest BCUT2D eigenvalue weighted by molar-refractivity contribution is 0.102. The van der Waals surface area contributed by atoms with Crippen LogP contribution in [0.25, 0.3) is 0 Å². The van der Waals surface area contributed by atoms with Gasteiger partial charge in [0.15, 0.2) is 5.82 Å². The lowest BCUT2D eigenvalue weighted by atomic mass is 10.1. The van der Waals surface area contributed by atoms with Crippen LogP contribution in [0.1, 0.15) is 10.4 Å². The third kappa shape index (κ3) is 2.84. The Labute approximate surface area is 123 Å². The minimum Gasteiger partial charge on any atom is -0.398 e. The van der Waals surface area contributed by atoms with Gasteiger partial charge in [-0.15, -0.1) is 0 Å². The molecule has 0 spiro atoms. The SMILES string of the molecule is Nc1cccc(Cl)c1C(=O)Nc1c(F)cc(F)cc1Cl. The Balaban J connectivity index is 2.38. The average Bonchev–Trinajstić information content (AvgIpc) is 2.33. The number of anilines is 2. The summed E-state index contributed by atoms with van der Waals surface area (Å²) in [5.74, 6) is -2.57. The lowest BCUT2D eigenvalue weighted by Crippen LogP contribution is -2.16. The van der Waals surface area contributed by atoms with Crippen molar-refractivity contribution in [2.24, 2.45) is 0 Å². The number of nitrogen functional groups attached to an aromatic ring is 1. The normalized spacial score (nSPS) is 10.4. The Morgan fingerprint density at radius 2 is 1.85 bits per heavy atom. The largest absolute Gasteiger partial charge is 0.398 e. The zero-order valence-corrected chi connectivity index (χ0v) is 11.4. The van der Waals surface area contributed by atoms with E-state index in [0.717, 1.165) is 6.07 Å². The molecule has 0 aliphatic rings. The molecule has 3 nitrogen and oxygen atoms in total. The van der Waals surface area contributed by atoms with Gasteiger partial charge in [-0.1, -0.05) is 29.3 Å². The van der Waals surface area contributed by atoms with Crippen LogP contribution in [-0.4, -0.2) is 5.91 Å². The summed E-state index contributed by atoms with van der Waals surface area (Å²) in [6.45, 7) is 0. The summed E-state index contributed by atoms with van der Waals surface area (Å²) in [7, 11) is 0. The topological polar surface area (TPSA) is 55.1 Å². The molecule has 0 aliphatic heterocycles. The highest BCUT2D eigenvalue weighted by Crippen LogP contribution is 2.29. The Morgan fingerprint density at radius 3 is 2.45 bits per heavy atom. The fourth-order valence-corrected chi connectivity index (χ4v) is 2.13. The molecule has 2 rings (SSSR count). The molecule has 1 amide bonds. The van der Waals surface area contributed by atoms with Gasteiger partial charge < -0.3 is 11.1 Å². The molecular formula is C13H8Cl2F2N2O. The minimum atomic E-state index is -0.992. The predicted molar refractivity (Wildman–Crippen MR) is 75.2 cm³/mol. The van der Waals surface area contributed by atoms with Crippen LogP contribution in [0.15, 0.2) is 30.3 Å². The number of rotatable bonds is 2. The molecule has 0 fully saturated rings. The van der Waals surface area contributed by atoms with Gasteiger partial charge in [-0.3, -0.25) is 4.79 Å². The molecule has 0 atom stereocenters. The first-order valence-corrected chi connectivity index (χ1v) is 6.15. The maximum Gasteiger partial charge on any atom is 0.259 e. The van der Waals surface area contributed by atoms with E-state index in [9.17, 15) is 13.6 Å². The predicted octanol–water partition coefficient (Wildman–Crippen LogP) is 4.11. The van der Waals surface area contributed by atoms with Crippen molar-refractivity contribution >= 4 is 40.5 Å². The summed E-state index contributed by atoms with van der Waals surface area (Å²) in [6, 6.07) is 6.01. The second-order valence-electron chi connectivity index (χ2n) is 3.90. The quantitative estimate of drug-likeness (QED) is 0.819. The molecule has 3 N–H and O–H groups in total. The fraction of sp³-hybridized carbons (Fsp3) is 0. The first-order valence-electron chi connectivity index (χ1n) is 5.40. The van der Waals surface area contributed by atoms with E-state index in [2.05, 4.69) is 5.32 Å². The number of benzene rings is 2. The van der Waals surface area contributed by atoms with Crippen molar-refractivity contribution in [3.63, 3.8) is 0 Å². The molecule has 7 heteroatoms. The number of hydrogen-bond donors (Lipinski definition) is 2. The van der Waals surface area contributed by atoms with Gasteiger partial charge in [-0.25, -0.2) is 8.78 Å². The first-order chi connectivity index (χ1) is 9.40. The molecule has 0 saturated heterocycles. The Kier molecular flexibility index (Phi) is 4.11. The van der Waals surface area contributed by atoms with E-state index >= 15 is 0 Å². The molecule has 0 aliphatic carbocycles. The molecule has 0 radical (unpaired) electrons. The Bertz CT molecular complexity index is 649. The van der Waals surface area contributed by atoms with E-state index in [1.807, 2.05) is 0 Å². The van der Waals surface area contributed by atoms with Gasteiger partial charge in [0.2, 0.25) is 0 Å². The van der Waals surface area contributed by atoms with Crippen molar-refractivity contribution in [3.05, 3.63) is 57.6 Å². The summed E-state index contributed by atoms with van der Waals surface area (Å²) < 4.78 is 26.5. The molecular weight excluding hydrogens is 309 g/mol. The van der Waals surface area contributed by atoms with Crippen molar-refractivity contribution in [1.29, 1.82) is 0 Å². The van der Waals surface area contributed by atoms with Gasteiger partial charge in [0.05, 0.1) is 21.3 Å². The van der Waals surface area contributed by atoms with Crippen molar-refractivity contribution in [3.8, 4) is 0 Å². The summed E-state index contributed by atoms with van der Waals surface area (Å²) in [5, 5.41) is 2.08. The summed E-state index contributed by atoms with van der Waals surface area (Å²) in [6.07, 6.45) is 0. The highest BCUT2D eigenvalue weighted by molar-refractivity contribution is 6.36. The monoisotopic (exact) mass is 316 g/mol. The van der Waals surface area contributed by atoms with Crippen molar-refractivity contribution in [2.45, 2.75) is 0 Å². The van der Waals surface area contributed by atoms with Crippen LogP contribution in [0.4, 0.5) is 20.2 Å². The molecule has 20 heavy (non-hydrogen) atoms. The summed E-state index contributed by atoms with van der Waals surface area (Å²) in [4.78, 5) is 12.1. The molecule has 2 aromatic rings. The zero-order valence-electron chi connectivity index (χ0n) is 9.88. The molecule has 104 valence electrons. The molecule has 2 aromatic carbocycles. The number of nitrogens with one attached hydrogen (secondary N) is 1. The van der Waals surface area contributed by atoms with Gasteiger partial charge in [0, 0.05) is 11.8 Å². The van der Waals surface area contributed by atoms with Gasteiger partial charge in [0.25, 0.3) is 5.91 Å². The zero-order chi connectivity index (χ0) is 14.9. The number of nitrogens with two attached hydrogens (primary N) is 1. The van der Waals surface area contributed by atoms with Crippen molar-refractivity contribution in [2.75, 3.05) is 11.1 Å². The van der Waals surface area contributed by atoms with Crippen LogP contribution >= 0.6 is 23.2 Å². The van der Waals surface area contributed by atoms with Gasteiger partial charge in [-0.05, 0) is 18.2 Å². The van der Waals surface area contributed by atoms with E-state index in [0.29, 0.717) is 6.07 Å². The molecule has 0 heterocycles. The molecule has 0 aromatic heterocycles. The number of hydrogen-bond acceptors (Lipinski definition) is 2. The Morgan fingerprint density at radius 1 is 1.15 bits per heavy atom. The maximum atomic E-state index is 13.6.